The van der Waals surface area contributed by atoms with E-state index in [4.69, 9.17) is 10.8 Å². The van der Waals surface area contributed by atoms with Crippen molar-refractivity contribution >= 4 is 28.3 Å². The first-order valence-electron chi connectivity index (χ1n) is 6.28. The average molecular weight is 246 g/mol. The topological polar surface area (TPSA) is 47.7 Å². The van der Waals surface area contributed by atoms with E-state index >= 15 is 0 Å². The summed E-state index contributed by atoms with van der Waals surface area (Å²) in [6, 6.07) is 14.5. The Morgan fingerprint density at radius 1 is 0.947 bits per heavy atom. The van der Waals surface area contributed by atoms with Crippen molar-refractivity contribution in [3.05, 3.63) is 65.8 Å². The number of nitrogens with one attached hydrogen (secondary N) is 2. The third-order valence-corrected chi connectivity index (χ3v) is 3.33. The fourth-order valence-corrected chi connectivity index (χ4v) is 2.29. The summed E-state index contributed by atoms with van der Waals surface area (Å²) < 4.78 is 0. The lowest BCUT2D eigenvalue weighted by Crippen LogP contribution is -2.15. The van der Waals surface area contributed by atoms with Crippen LogP contribution in [-0.2, 0) is 0 Å². The molecular weight excluding hydrogens is 232 g/mol. The molecule has 1 aliphatic carbocycles. The molecule has 0 spiro atoms. The van der Waals surface area contributed by atoms with Gasteiger partial charge in [-0.25, -0.2) is 0 Å². The van der Waals surface area contributed by atoms with Gasteiger partial charge in [0.1, 0.15) is 0 Å². The van der Waals surface area contributed by atoms with Crippen LogP contribution in [0.5, 0.6) is 0 Å². The van der Waals surface area contributed by atoms with E-state index in [1.54, 1.807) is 6.08 Å². The largest absolute Gasteiger partial charge is 0.299 e. The standard InChI is InChI=1S/C17H14N2/c18-16-7-3-6-15(17(16)19)11-12-8-9-13-4-1-2-5-14(13)10-12/h1-5,7-11,18-19H,6H2. The van der Waals surface area contributed by atoms with Gasteiger partial charge in [-0.05, 0) is 46.5 Å². The minimum Gasteiger partial charge on any atom is -0.299 e. The van der Waals surface area contributed by atoms with Crippen LogP contribution in [0.1, 0.15) is 12.0 Å². The van der Waals surface area contributed by atoms with Crippen molar-refractivity contribution in [1.82, 2.24) is 0 Å². The molecule has 2 aromatic carbocycles. The minimum absolute atomic E-state index is 0.290. The van der Waals surface area contributed by atoms with Gasteiger partial charge in [0, 0.05) is 0 Å². The van der Waals surface area contributed by atoms with Crippen LogP contribution in [0.15, 0.2) is 60.2 Å². The Morgan fingerprint density at radius 3 is 2.58 bits per heavy atom. The van der Waals surface area contributed by atoms with Crippen molar-refractivity contribution in [3.8, 4) is 0 Å². The highest BCUT2D eigenvalue weighted by Gasteiger charge is 2.12. The zero-order valence-corrected chi connectivity index (χ0v) is 10.5. The number of allylic oxidation sites excluding steroid dienone is 3. The third kappa shape index (κ3) is 2.25. The number of benzene rings is 2. The molecule has 2 aromatic rings. The third-order valence-electron chi connectivity index (χ3n) is 3.33. The minimum atomic E-state index is 0.290. The number of hydrogen-bond donors (Lipinski definition) is 2. The molecule has 92 valence electrons. The molecule has 2 N–H and O–H groups in total. The van der Waals surface area contributed by atoms with E-state index in [9.17, 15) is 0 Å². The predicted octanol–water partition coefficient (Wildman–Crippen LogP) is 4.22. The van der Waals surface area contributed by atoms with E-state index in [0.29, 0.717) is 11.4 Å². The molecule has 0 saturated heterocycles. The summed E-state index contributed by atoms with van der Waals surface area (Å²) >= 11 is 0. The average Bonchev–Trinajstić information content (AvgIpc) is 2.44. The summed E-state index contributed by atoms with van der Waals surface area (Å²) in [5.41, 5.74) is 2.61. The van der Waals surface area contributed by atoms with Crippen molar-refractivity contribution in [3.63, 3.8) is 0 Å². The smallest absolute Gasteiger partial charge is 0.0824 e. The summed E-state index contributed by atoms with van der Waals surface area (Å²) in [7, 11) is 0. The first kappa shape index (κ1) is 11.6. The maximum absolute atomic E-state index is 7.92. The van der Waals surface area contributed by atoms with E-state index in [1.807, 2.05) is 24.3 Å². The van der Waals surface area contributed by atoms with Crippen LogP contribution in [0.4, 0.5) is 0 Å². The van der Waals surface area contributed by atoms with Crippen molar-refractivity contribution < 1.29 is 0 Å². The van der Waals surface area contributed by atoms with Gasteiger partial charge in [-0.3, -0.25) is 10.8 Å². The predicted molar refractivity (Wildman–Crippen MR) is 81.1 cm³/mol. The highest BCUT2D eigenvalue weighted by molar-refractivity contribution is 6.51. The van der Waals surface area contributed by atoms with Crippen LogP contribution in [0.25, 0.3) is 16.8 Å². The van der Waals surface area contributed by atoms with Crippen LogP contribution in [0, 0.1) is 10.8 Å². The van der Waals surface area contributed by atoms with E-state index < -0.39 is 0 Å². The first-order chi connectivity index (χ1) is 9.24. The molecule has 0 amide bonds. The summed E-state index contributed by atoms with van der Waals surface area (Å²) in [5.74, 6) is 0. The second-order valence-electron chi connectivity index (χ2n) is 4.67. The zero-order valence-electron chi connectivity index (χ0n) is 10.5. The Bertz CT molecular complexity index is 736. The maximum atomic E-state index is 7.92. The van der Waals surface area contributed by atoms with E-state index in [0.717, 1.165) is 17.6 Å². The lowest BCUT2D eigenvalue weighted by Gasteiger charge is -2.11. The quantitative estimate of drug-likeness (QED) is 0.756. The molecule has 3 rings (SSSR count). The molecule has 1 aliphatic rings. The van der Waals surface area contributed by atoms with Gasteiger partial charge < -0.3 is 0 Å². The number of rotatable bonds is 1. The molecule has 0 heterocycles. The van der Waals surface area contributed by atoms with Gasteiger partial charge in [0.2, 0.25) is 0 Å². The summed E-state index contributed by atoms with van der Waals surface area (Å²) in [5, 5.41) is 18.0. The van der Waals surface area contributed by atoms with Crippen LogP contribution in [0.3, 0.4) is 0 Å². The second kappa shape index (κ2) is 4.65. The van der Waals surface area contributed by atoms with Crippen molar-refractivity contribution in [2.24, 2.45) is 0 Å². The fourth-order valence-electron chi connectivity index (χ4n) is 2.29. The Balaban J connectivity index is 2.03. The molecule has 2 nitrogen and oxygen atoms in total. The molecule has 0 atom stereocenters. The summed E-state index contributed by atoms with van der Waals surface area (Å²) in [4.78, 5) is 0. The van der Waals surface area contributed by atoms with Gasteiger partial charge in [0.25, 0.3) is 0 Å². The summed E-state index contributed by atoms with van der Waals surface area (Å²) in [6.07, 6.45) is 6.37. The van der Waals surface area contributed by atoms with Gasteiger partial charge in [0.05, 0.1) is 11.4 Å². The van der Waals surface area contributed by atoms with Crippen LogP contribution >= 0.6 is 0 Å². The SMILES string of the molecule is N=C1C=CCC(=Cc2ccc3ccccc3c2)C1=N. The molecule has 2 heteroatoms. The highest BCUT2D eigenvalue weighted by Crippen LogP contribution is 2.20. The molecule has 0 unspecified atom stereocenters. The Kier molecular flexibility index (Phi) is 2.84. The molecule has 0 aliphatic heterocycles. The molecule has 0 bridgehead atoms. The van der Waals surface area contributed by atoms with Crippen molar-refractivity contribution in [2.45, 2.75) is 6.42 Å². The van der Waals surface area contributed by atoms with E-state index in [1.165, 1.54) is 10.8 Å². The van der Waals surface area contributed by atoms with Crippen molar-refractivity contribution in [1.29, 1.82) is 10.8 Å². The highest BCUT2D eigenvalue weighted by atomic mass is 14.5. The number of fused-ring (bicyclic) bond motifs is 1. The first-order valence-corrected chi connectivity index (χ1v) is 6.28. The second-order valence-corrected chi connectivity index (χ2v) is 4.67. The van der Waals surface area contributed by atoms with Crippen LogP contribution < -0.4 is 0 Å². The lowest BCUT2D eigenvalue weighted by molar-refractivity contribution is 1.29. The van der Waals surface area contributed by atoms with Gasteiger partial charge in [-0.15, -0.1) is 0 Å². The van der Waals surface area contributed by atoms with Crippen LogP contribution in [-0.4, -0.2) is 11.4 Å². The van der Waals surface area contributed by atoms with Gasteiger partial charge in [-0.1, -0.05) is 42.5 Å². The number of hydrogen-bond acceptors (Lipinski definition) is 2. The molecular formula is C17H14N2. The molecule has 0 saturated carbocycles. The molecule has 19 heavy (non-hydrogen) atoms. The normalized spacial score (nSPS) is 17.4. The van der Waals surface area contributed by atoms with Crippen molar-refractivity contribution in [2.75, 3.05) is 0 Å². The summed E-state index contributed by atoms with van der Waals surface area (Å²) in [6.45, 7) is 0. The monoisotopic (exact) mass is 246 g/mol. The molecule has 0 fully saturated rings. The maximum Gasteiger partial charge on any atom is 0.0824 e. The van der Waals surface area contributed by atoms with Gasteiger partial charge in [-0.2, -0.15) is 0 Å². The Labute approximate surface area is 112 Å². The Hall–Kier alpha value is -2.48. The fraction of sp³-hybridized carbons (Fsp3) is 0.0588. The van der Waals surface area contributed by atoms with Gasteiger partial charge in [0.15, 0.2) is 0 Å². The van der Waals surface area contributed by atoms with Crippen LogP contribution in [0.2, 0.25) is 0 Å². The van der Waals surface area contributed by atoms with E-state index in [-0.39, 0.29) is 0 Å². The lowest BCUT2D eigenvalue weighted by atomic mass is 9.94. The zero-order chi connectivity index (χ0) is 13.2. The molecule has 0 aromatic heterocycles. The molecule has 0 radical (unpaired) electrons. The van der Waals surface area contributed by atoms with E-state index in [2.05, 4.69) is 30.3 Å². The van der Waals surface area contributed by atoms with Gasteiger partial charge >= 0.3 is 0 Å². The Morgan fingerprint density at radius 2 is 1.74 bits per heavy atom.